The molecule has 0 aliphatic rings. The van der Waals surface area contributed by atoms with E-state index in [9.17, 15) is 21.6 Å². The van der Waals surface area contributed by atoms with Gasteiger partial charge in [0.2, 0.25) is 0 Å². The van der Waals surface area contributed by atoms with Crippen molar-refractivity contribution < 1.29 is 21.6 Å². The molecule has 0 atom stereocenters. The summed E-state index contributed by atoms with van der Waals surface area (Å²) in [6.45, 7) is 1.46. The van der Waals surface area contributed by atoms with Crippen LogP contribution < -0.4 is 5.73 Å². The Morgan fingerprint density at radius 2 is 2.00 bits per heavy atom. The lowest BCUT2D eigenvalue weighted by molar-refractivity contribution is -0.141. The Bertz CT molecular complexity index is 1060. The van der Waals surface area contributed by atoms with E-state index in [1.807, 2.05) is 0 Å². The fourth-order valence-corrected chi connectivity index (χ4v) is 3.27. The minimum atomic E-state index is -4.61. The Kier molecular flexibility index (Phi) is 3.90. The van der Waals surface area contributed by atoms with E-state index in [2.05, 4.69) is 15.1 Å². The number of rotatable bonds is 3. The number of hydrogen-bond donors (Lipinski definition) is 1. The fourth-order valence-electron chi connectivity index (χ4n) is 2.19. The second-order valence-corrected chi connectivity index (χ2v) is 7.41. The number of nitrogens with two attached hydrogens (primary N) is 1. The zero-order valence-electron chi connectivity index (χ0n) is 12.8. The minimum absolute atomic E-state index is 0.0216. The van der Waals surface area contributed by atoms with Crippen LogP contribution in [0.2, 0.25) is 0 Å². The molecule has 3 aromatic heterocycles. The van der Waals surface area contributed by atoms with Gasteiger partial charge in [-0.2, -0.15) is 18.3 Å². The zero-order chi connectivity index (χ0) is 18.4. The van der Waals surface area contributed by atoms with E-state index in [0.29, 0.717) is 0 Å². The van der Waals surface area contributed by atoms with Crippen LogP contribution in [0.15, 0.2) is 35.5 Å². The highest BCUT2D eigenvalue weighted by Gasteiger charge is 2.34. The fraction of sp³-hybridized carbons (Fsp3) is 0.214. The lowest BCUT2D eigenvalue weighted by atomic mass is 10.2. The summed E-state index contributed by atoms with van der Waals surface area (Å²) in [6.07, 6.45) is -2.09. The Balaban J connectivity index is 2.20. The largest absolute Gasteiger partial charge is 0.435 e. The van der Waals surface area contributed by atoms with E-state index >= 15 is 0 Å². The molecule has 0 saturated carbocycles. The van der Waals surface area contributed by atoms with Crippen LogP contribution in [0.5, 0.6) is 0 Å². The molecule has 0 radical (unpaired) electrons. The molecule has 0 amide bonds. The topological polar surface area (TPSA) is 103 Å². The molecule has 0 aromatic carbocycles. The molecular weight excluding hydrogens is 359 g/mol. The van der Waals surface area contributed by atoms with Gasteiger partial charge in [-0.3, -0.25) is 4.98 Å². The van der Waals surface area contributed by atoms with Crippen molar-refractivity contribution >= 4 is 21.2 Å². The number of nitrogens with zero attached hydrogens (tertiary/aromatic N) is 4. The quantitative estimate of drug-likeness (QED) is 0.757. The SMILES string of the molecule is CCS(=O)(=O)c1cc(N)cnc1-c1ccn2nc(C(F)(F)F)cc2n1. The van der Waals surface area contributed by atoms with Crippen LogP contribution in [0.3, 0.4) is 0 Å². The number of pyridine rings is 1. The van der Waals surface area contributed by atoms with Crippen molar-refractivity contribution in [2.75, 3.05) is 11.5 Å². The second kappa shape index (κ2) is 5.69. The maximum atomic E-state index is 12.8. The number of sulfone groups is 1. The van der Waals surface area contributed by atoms with Crippen molar-refractivity contribution in [3.05, 3.63) is 36.3 Å². The van der Waals surface area contributed by atoms with Crippen LogP contribution in [0, 0.1) is 0 Å². The first-order valence-corrected chi connectivity index (χ1v) is 8.69. The molecule has 0 aliphatic carbocycles. The Morgan fingerprint density at radius 1 is 1.28 bits per heavy atom. The first-order valence-electron chi connectivity index (χ1n) is 7.04. The van der Waals surface area contributed by atoms with Crippen LogP contribution in [0.1, 0.15) is 12.6 Å². The summed E-state index contributed by atoms with van der Waals surface area (Å²) in [5.74, 6) is -0.182. The van der Waals surface area contributed by atoms with E-state index < -0.39 is 21.7 Å². The number of aromatic nitrogens is 4. The molecule has 0 saturated heterocycles. The molecule has 3 rings (SSSR count). The van der Waals surface area contributed by atoms with Gasteiger partial charge in [-0.25, -0.2) is 17.9 Å². The normalized spacial score (nSPS) is 12.6. The molecule has 7 nitrogen and oxygen atoms in total. The van der Waals surface area contributed by atoms with Crippen molar-refractivity contribution in [1.82, 2.24) is 19.6 Å². The average Bonchev–Trinajstić information content (AvgIpc) is 2.98. The van der Waals surface area contributed by atoms with Crippen LogP contribution in [0.25, 0.3) is 17.0 Å². The Labute approximate surface area is 140 Å². The minimum Gasteiger partial charge on any atom is -0.397 e. The lowest BCUT2D eigenvalue weighted by Gasteiger charge is -2.09. The lowest BCUT2D eigenvalue weighted by Crippen LogP contribution is -2.08. The molecule has 132 valence electrons. The highest BCUT2D eigenvalue weighted by molar-refractivity contribution is 7.91. The van der Waals surface area contributed by atoms with Gasteiger partial charge in [-0.1, -0.05) is 6.92 Å². The van der Waals surface area contributed by atoms with E-state index in [-0.39, 0.29) is 33.4 Å². The molecule has 0 bridgehead atoms. The summed E-state index contributed by atoms with van der Waals surface area (Å²) in [7, 11) is -3.66. The molecular formula is C14H12F3N5O2S. The van der Waals surface area contributed by atoms with Crippen molar-refractivity contribution in [3.8, 4) is 11.4 Å². The summed E-state index contributed by atoms with van der Waals surface area (Å²) in [5.41, 5.74) is 4.72. The van der Waals surface area contributed by atoms with Gasteiger partial charge < -0.3 is 5.73 Å². The van der Waals surface area contributed by atoms with Crippen LogP contribution in [0.4, 0.5) is 18.9 Å². The van der Waals surface area contributed by atoms with Gasteiger partial charge in [-0.15, -0.1) is 0 Å². The van der Waals surface area contributed by atoms with Crippen molar-refractivity contribution in [2.24, 2.45) is 0 Å². The highest BCUT2D eigenvalue weighted by atomic mass is 32.2. The van der Waals surface area contributed by atoms with Crippen molar-refractivity contribution in [1.29, 1.82) is 0 Å². The van der Waals surface area contributed by atoms with Gasteiger partial charge in [0.25, 0.3) is 0 Å². The van der Waals surface area contributed by atoms with Crippen molar-refractivity contribution in [2.45, 2.75) is 18.0 Å². The van der Waals surface area contributed by atoms with Gasteiger partial charge in [0.05, 0.1) is 28.2 Å². The van der Waals surface area contributed by atoms with E-state index in [4.69, 9.17) is 5.73 Å². The standard InChI is InChI=1S/C14H12F3N5O2S/c1-2-25(23,24)10-5-8(18)7-19-13(10)9-3-4-22-12(20-9)6-11(21-22)14(15,16)17/h3-7H,2,18H2,1H3. The molecule has 25 heavy (non-hydrogen) atoms. The van der Waals surface area contributed by atoms with E-state index in [0.717, 1.165) is 10.6 Å². The number of fused-ring (bicyclic) bond motifs is 1. The Hall–Kier alpha value is -2.69. The van der Waals surface area contributed by atoms with Gasteiger partial charge in [0.15, 0.2) is 21.2 Å². The second-order valence-electron chi connectivity index (χ2n) is 5.16. The maximum Gasteiger partial charge on any atom is 0.435 e. The molecule has 11 heteroatoms. The molecule has 3 heterocycles. The number of anilines is 1. The third-order valence-corrected chi connectivity index (χ3v) is 5.19. The van der Waals surface area contributed by atoms with E-state index in [1.165, 1.54) is 31.5 Å². The predicted molar refractivity (Wildman–Crippen MR) is 83.4 cm³/mol. The number of nitrogen functional groups attached to an aromatic ring is 1. The average molecular weight is 371 g/mol. The van der Waals surface area contributed by atoms with Gasteiger partial charge in [-0.05, 0) is 12.1 Å². The van der Waals surface area contributed by atoms with Gasteiger partial charge >= 0.3 is 6.18 Å². The monoisotopic (exact) mass is 371 g/mol. The predicted octanol–water partition coefficient (Wildman–Crippen LogP) is 2.19. The van der Waals surface area contributed by atoms with Crippen molar-refractivity contribution in [3.63, 3.8) is 0 Å². The third-order valence-electron chi connectivity index (χ3n) is 3.45. The smallest absolute Gasteiger partial charge is 0.397 e. The molecule has 3 aromatic rings. The number of halogens is 3. The molecule has 0 spiro atoms. The summed E-state index contributed by atoms with van der Waals surface area (Å²) >= 11 is 0. The van der Waals surface area contributed by atoms with E-state index in [1.54, 1.807) is 0 Å². The summed E-state index contributed by atoms with van der Waals surface area (Å²) < 4.78 is 63.7. The van der Waals surface area contributed by atoms with Crippen LogP contribution >= 0.6 is 0 Å². The summed E-state index contributed by atoms with van der Waals surface area (Å²) in [4.78, 5) is 7.93. The first kappa shape index (κ1) is 17.1. The molecule has 2 N–H and O–H groups in total. The zero-order valence-corrected chi connectivity index (χ0v) is 13.6. The highest BCUT2D eigenvalue weighted by Crippen LogP contribution is 2.30. The summed E-state index contributed by atoms with van der Waals surface area (Å²) in [6, 6.07) is 3.37. The van der Waals surface area contributed by atoms with Crippen LogP contribution in [-0.2, 0) is 16.0 Å². The first-order chi connectivity index (χ1) is 11.6. The summed E-state index contributed by atoms with van der Waals surface area (Å²) in [5, 5.41) is 3.39. The molecule has 0 fully saturated rings. The Morgan fingerprint density at radius 3 is 2.64 bits per heavy atom. The number of alkyl halides is 3. The number of hydrogen-bond acceptors (Lipinski definition) is 6. The van der Waals surface area contributed by atoms with Crippen LogP contribution in [-0.4, -0.2) is 33.8 Å². The third kappa shape index (κ3) is 3.14. The molecule has 0 aliphatic heterocycles. The molecule has 0 unspecified atom stereocenters. The van der Waals surface area contributed by atoms with Gasteiger partial charge in [0, 0.05) is 12.3 Å². The maximum absolute atomic E-state index is 12.8. The van der Waals surface area contributed by atoms with Gasteiger partial charge in [0.1, 0.15) is 5.69 Å².